The predicted molar refractivity (Wildman–Crippen MR) is 159 cm³/mol. The average molecular weight is 548 g/mol. The Morgan fingerprint density at radius 3 is 2.70 bits per heavy atom. The van der Waals surface area contributed by atoms with Crippen LogP contribution in [0.25, 0.3) is 34.3 Å². The molecule has 1 amide bonds. The van der Waals surface area contributed by atoms with Crippen LogP contribution in [0.3, 0.4) is 0 Å². The van der Waals surface area contributed by atoms with E-state index in [1.807, 2.05) is 80.6 Å². The highest BCUT2D eigenvalue weighted by molar-refractivity contribution is 7.10. The number of carbonyl (C=O) groups is 1. The van der Waals surface area contributed by atoms with Gasteiger partial charge in [-0.15, -0.1) is 16.4 Å². The zero-order valence-electron chi connectivity index (χ0n) is 21.8. The van der Waals surface area contributed by atoms with E-state index < -0.39 is 11.9 Å². The SMILES string of the molecule is Cc1ccnc2c(C(=O)NC(C)c3cc4cccc(C=Cc5cncs5)c4c(=O)n3-c3ccccc3)c(N)nn12. The second kappa shape index (κ2) is 10.2. The normalized spacial score (nSPS) is 12.3. The van der Waals surface area contributed by atoms with Gasteiger partial charge in [0.15, 0.2) is 11.5 Å². The number of nitrogen functional groups attached to an aromatic ring is 1. The summed E-state index contributed by atoms with van der Waals surface area (Å²) in [7, 11) is 0. The molecule has 3 N–H and O–H groups in total. The summed E-state index contributed by atoms with van der Waals surface area (Å²) in [6, 6.07) is 18.3. The Labute approximate surface area is 233 Å². The van der Waals surface area contributed by atoms with Gasteiger partial charge in [-0.2, -0.15) is 0 Å². The molecule has 0 aliphatic carbocycles. The molecular weight excluding hydrogens is 522 g/mol. The monoisotopic (exact) mass is 547 g/mol. The first-order chi connectivity index (χ1) is 19.4. The third-order valence-electron chi connectivity index (χ3n) is 6.75. The molecule has 1 atom stereocenters. The van der Waals surface area contributed by atoms with Crippen LogP contribution in [0.1, 0.15) is 45.2 Å². The Morgan fingerprint density at radius 1 is 1.10 bits per heavy atom. The maximum Gasteiger partial charge on any atom is 0.263 e. The van der Waals surface area contributed by atoms with Crippen LogP contribution in [0, 0.1) is 6.92 Å². The first-order valence-corrected chi connectivity index (χ1v) is 13.5. The lowest BCUT2D eigenvalue weighted by molar-refractivity contribution is 0.0941. The van der Waals surface area contributed by atoms with Crippen molar-refractivity contribution in [2.24, 2.45) is 0 Å². The Kier molecular flexibility index (Phi) is 6.45. The highest BCUT2D eigenvalue weighted by Crippen LogP contribution is 2.26. The fourth-order valence-corrected chi connectivity index (χ4v) is 5.34. The van der Waals surface area contributed by atoms with Gasteiger partial charge < -0.3 is 11.1 Å². The lowest BCUT2D eigenvalue weighted by atomic mass is 10.0. The van der Waals surface area contributed by atoms with Crippen LogP contribution in [0.5, 0.6) is 0 Å². The molecule has 0 saturated heterocycles. The Hall–Kier alpha value is -5.09. The summed E-state index contributed by atoms with van der Waals surface area (Å²) in [5.41, 5.74) is 11.2. The average Bonchev–Trinajstić information content (AvgIpc) is 3.60. The van der Waals surface area contributed by atoms with Gasteiger partial charge in [-0.25, -0.2) is 9.50 Å². The summed E-state index contributed by atoms with van der Waals surface area (Å²) in [6.45, 7) is 3.70. The summed E-state index contributed by atoms with van der Waals surface area (Å²) in [5, 5.41) is 8.66. The maximum atomic E-state index is 14.2. The highest BCUT2D eigenvalue weighted by Gasteiger charge is 2.24. The van der Waals surface area contributed by atoms with E-state index in [1.54, 1.807) is 33.1 Å². The number of aryl methyl sites for hydroxylation is 1. The molecule has 0 aliphatic heterocycles. The van der Waals surface area contributed by atoms with Crippen LogP contribution in [-0.2, 0) is 0 Å². The van der Waals surface area contributed by atoms with Gasteiger partial charge in [0.25, 0.3) is 11.5 Å². The number of thiazole rings is 1. The molecule has 9 nitrogen and oxygen atoms in total. The third-order valence-corrected chi connectivity index (χ3v) is 7.49. The van der Waals surface area contributed by atoms with E-state index in [0.717, 1.165) is 21.5 Å². The molecule has 10 heteroatoms. The van der Waals surface area contributed by atoms with Gasteiger partial charge in [-0.1, -0.05) is 42.5 Å². The van der Waals surface area contributed by atoms with Crippen molar-refractivity contribution in [2.45, 2.75) is 19.9 Å². The molecule has 1 unspecified atom stereocenters. The Balaban J connectivity index is 1.47. The molecule has 0 fully saturated rings. The van der Waals surface area contributed by atoms with E-state index >= 15 is 0 Å². The first-order valence-electron chi connectivity index (χ1n) is 12.6. The summed E-state index contributed by atoms with van der Waals surface area (Å²) in [5.74, 6) is -0.339. The molecule has 4 aromatic heterocycles. The lowest BCUT2D eigenvalue weighted by Crippen LogP contribution is -2.32. The number of hydrogen-bond donors (Lipinski definition) is 2. The van der Waals surface area contributed by atoms with Gasteiger partial charge >= 0.3 is 0 Å². The van der Waals surface area contributed by atoms with E-state index in [1.165, 1.54) is 11.3 Å². The number of rotatable bonds is 6. The number of anilines is 1. The van der Waals surface area contributed by atoms with Crippen LogP contribution >= 0.6 is 11.3 Å². The first kappa shape index (κ1) is 25.2. The minimum atomic E-state index is -0.555. The molecule has 0 bridgehead atoms. The zero-order valence-corrected chi connectivity index (χ0v) is 22.6. The van der Waals surface area contributed by atoms with Crippen molar-refractivity contribution in [3.63, 3.8) is 0 Å². The molecule has 40 heavy (non-hydrogen) atoms. The van der Waals surface area contributed by atoms with Gasteiger partial charge in [0.2, 0.25) is 0 Å². The Bertz CT molecular complexity index is 1960. The van der Waals surface area contributed by atoms with E-state index in [2.05, 4.69) is 20.4 Å². The predicted octanol–water partition coefficient (Wildman–Crippen LogP) is 5.04. The summed E-state index contributed by atoms with van der Waals surface area (Å²) >= 11 is 1.52. The fourth-order valence-electron chi connectivity index (χ4n) is 4.83. The van der Waals surface area contributed by atoms with Crippen molar-refractivity contribution >= 4 is 51.6 Å². The molecule has 0 spiro atoms. The smallest absolute Gasteiger partial charge is 0.263 e. The number of nitrogens with zero attached hydrogens (tertiary/aromatic N) is 5. The lowest BCUT2D eigenvalue weighted by Gasteiger charge is -2.21. The second-order valence-electron chi connectivity index (χ2n) is 9.37. The summed E-state index contributed by atoms with van der Waals surface area (Å²) in [4.78, 5) is 37.1. The van der Waals surface area contributed by atoms with E-state index in [9.17, 15) is 9.59 Å². The molecular formula is C30H25N7O2S. The number of nitrogens with two attached hydrogens (primary N) is 1. The van der Waals surface area contributed by atoms with Crippen molar-refractivity contribution in [3.05, 3.63) is 116 Å². The molecule has 6 rings (SSSR count). The molecule has 2 aromatic carbocycles. The van der Waals surface area contributed by atoms with Crippen molar-refractivity contribution in [3.8, 4) is 5.69 Å². The number of carbonyl (C=O) groups excluding carboxylic acids is 1. The van der Waals surface area contributed by atoms with Crippen molar-refractivity contribution in [1.29, 1.82) is 0 Å². The number of fused-ring (bicyclic) bond motifs is 2. The molecule has 0 saturated carbocycles. The minimum Gasteiger partial charge on any atom is -0.381 e. The number of pyridine rings is 1. The van der Waals surface area contributed by atoms with Crippen molar-refractivity contribution in [1.82, 2.24) is 29.5 Å². The second-order valence-corrected chi connectivity index (χ2v) is 10.3. The van der Waals surface area contributed by atoms with E-state index in [0.29, 0.717) is 22.4 Å². The van der Waals surface area contributed by atoms with Gasteiger partial charge in [0, 0.05) is 34.3 Å². The number of amides is 1. The zero-order chi connectivity index (χ0) is 27.8. The number of para-hydroxylation sites is 1. The molecule has 0 radical (unpaired) electrons. The minimum absolute atomic E-state index is 0.0860. The van der Waals surface area contributed by atoms with Crippen molar-refractivity contribution < 1.29 is 4.79 Å². The van der Waals surface area contributed by atoms with Crippen LogP contribution in [-0.4, -0.2) is 30.1 Å². The molecule has 198 valence electrons. The van der Waals surface area contributed by atoms with E-state index in [4.69, 9.17) is 5.73 Å². The topological polar surface area (TPSA) is 120 Å². The van der Waals surface area contributed by atoms with Crippen LogP contribution in [0.2, 0.25) is 0 Å². The largest absolute Gasteiger partial charge is 0.381 e. The van der Waals surface area contributed by atoms with Crippen LogP contribution in [0.4, 0.5) is 5.82 Å². The van der Waals surface area contributed by atoms with Gasteiger partial charge in [0.1, 0.15) is 5.56 Å². The number of benzene rings is 2. The maximum absolute atomic E-state index is 14.2. The molecule has 0 aliphatic rings. The van der Waals surface area contributed by atoms with Gasteiger partial charge in [-0.05, 0) is 55.1 Å². The molecule has 6 aromatic rings. The summed E-state index contributed by atoms with van der Waals surface area (Å²) < 4.78 is 3.20. The van der Waals surface area contributed by atoms with Gasteiger partial charge in [0.05, 0.1) is 16.9 Å². The van der Waals surface area contributed by atoms with Crippen molar-refractivity contribution in [2.75, 3.05) is 5.73 Å². The molecule has 4 heterocycles. The number of nitrogens with one attached hydrogen (secondary N) is 1. The van der Waals surface area contributed by atoms with Gasteiger partial charge in [-0.3, -0.25) is 19.1 Å². The van der Waals surface area contributed by atoms with Crippen LogP contribution in [0.15, 0.2) is 83.4 Å². The fraction of sp³-hybridized carbons (Fsp3) is 0.100. The summed E-state index contributed by atoms with van der Waals surface area (Å²) in [6.07, 6.45) is 7.28. The third kappa shape index (κ3) is 4.44. The standard InChI is InChI=1S/C30H25N7O2S/c1-18-13-14-33-28-26(27(31)35-37(18)28)29(38)34-19(2)24-15-21-8-6-7-20(11-12-23-16-32-17-40-23)25(21)30(39)36(24)22-9-4-3-5-10-22/h3-17,19H,1-2H3,(H2,31,35)(H,34,38). The van der Waals surface area contributed by atoms with E-state index in [-0.39, 0.29) is 16.9 Å². The van der Waals surface area contributed by atoms with Crippen LogP contribution < -0.4 is 16.6 Å². The highest BCUT2D eigenvalue weighted by atomic mass is 32.1. The number of aromatic nitrogens is 5. The quantitative estimate of drug-likeness (QED) is 0.301. The number of hydrogen-bond acceptors (Lipinski definition) is 7. The Morgan fingerprint density at radius 2 is 1.93 bits per heavy atom.